The fourth-order valence-corrected chi connectivity index (χ4v) is 3.33. The van der Waals surface area contributed by atoms with Crippen LogP contribution in [-0.4, -0.2) is 37.2 Å². The minimum atomic E-state index is 0.0576. The number of fused-ring (bicyclic) bond motifs is 1. The Balaban J connectivity index is 1.55. The molecule has 24 heavy (non-hydrogen) atoms. The monoisotopic (exact) mass is 321 g/mol. The molecule has 1 heterocycles. The van der Waals surface area contributed by atoms with Crippen LogP contribution in [0.3, 0.4) is 0 Å². The molecule has 1 N–H and O–H groups in total. The number of carbonyl (C=O) groups excluding carboxylic acids is 1. The number of hydrogen-bond donors (Lipinski definition) is 1. The summed E-state index contributed by atoms with van der Waals surface area (Å²) >= 11 is 0. The largest absolute Gasteiger partial charge is 0.508 e. The van der Waals surface area contributed by atoms with Crippen LogP contribution in [0.5, 0.6) is 5.75 Å². The van der Waals surface area contributed by atoms with Crippen molar-refractivity contribution >= 4 is 17.5 Å². The molecule has 2 aliphatic rings. The topological polar surface area (TPSA) is 49.8 Å². The number of rotatable bonds is 2. The van der Waals surface area contributed by atoms with E-state index in [0.717, 1.165) is 43.0 Å². The van der Waals surface area contributed by atoms with Crippen LogP contribution in [0.2, 0.25) is 0 Å². The number of Topliss-reactive ketones (excluding diaryl/α,β-unsaturated/α-hetero) is 1. The minimum absolute atomic E-state index is 0.0576. The van der Waals surface area contributed by atoms with Crippen LogP contribution in [0, 0.1) is 0 Å². The first-order valence-corrected chi connectivity index (χ1v) is 8.21. The zero-order valence-corrected chi connectivity index (χ0v) is 13.4. The standard InChI is InChI=1S/C20H19NO3/c22-18-5-6-19-15(13-18)12-16(20(19)23)11-14-1-3-17(4-2-14)21-7-9-24-10-8-21/h1-6,11,13,22H,7-10,12H2/b16-11+. The molecule has 122 valence electrons. The number of ketones is 1. The molecule has 1 saturated heterocycles. The molecule has 0 aromatic heterocycles. The molecule has 1 fully saturated rings. The van der Waals surface area contributed by atoms with Gasteiger partial charge in [0.2, 0.25) is 0 Å². The maximum absolute atomic E-state index is 12.5. The summed E-state index contributed by atoms with van der Waals surface area (Å²) in [4.78, 5) is 14.8. The Hall–Kier alpha value is -2.59. The van der Waals surface area contributed by atoms with Gasteiger partial charge in [0.1, 0.15) is 5.75 Å². The van der Waals surface area contributed by atoms with Crippen molar-refractivity contribution < 1.29 is 14.6 Å². The molecule has 0 amide bonds. The van der Waals surface area contributed by atoms with E-state index >= 15 is 0 Å². The third-order valence-corrected chi connectivity index (χ3v) is 4.62. The predicted octanol–water partition coefficient (Wildman–Crippen LogP) is 3.05. The number of phenolic OH excluding ortho intramolecular Hbond substituents is 1. The predicted molar refractivity (Wildman–Crippen MR) is 93.6 cm³/mol. The van der Waals surface area contributed by atoms with Crippen molar-refractivity contribution in [2.75, 3.05) is 31.2 Å². The van der Waals surface area contributed by atoms with Crippen molar-refractivity contribution in [3.05, 3.63) is 64.7 Å². The molecule has 0 atom stereocenters. The number of allylic oxidation sites excluding steroid dienone is 1. The molecule has 0 saturated carbocycles. The van der Waals surface area contributed by atoms with E-state index in [9.17, 15) is 9.90 Å². The first kappa shape index (κ1) is 15.0. The van der Waals surface area contributed by atoms with E-state index in [0.29, 0.717) is 12.0 Å². The van der Waals surface area contributed by atoms with Crippen LogP contribution in [0.15, 0.2) is 48.0 Å². The lowest BCUT2D eigenvalue weighted by Crippen LogP contribution is -2.36. The van der Waals surface area contributed by atoms with Crippen LogP contribution in [0.25, 0.3) is 6.08 Å². The molecule has 0 spiro atoms. The lowest BCUT2D eigenvalue weighted by Gasteiger charge is -2.28. The summed E-state index contributed by atoms with van der Waals surface area (Å²) in [6, 6.07) is 13.2. The summed E-state index contributed by atoms with van der Waals surface area (Å²) < 4.78 is 5.38. The first-order chi connectivity index (χ1) is 11.7. The van der Waals surface area contributed by atoms with Crippen molar-refractivity contribution in [2.24, 2.45) is 0 Å². The number of aromatic hydroxyl groups is 1. The first-order valence-electron chi connectivity index (χ1n) is 8.21. The number of nitrogens with zero attached hydrogens (tertiary/aromatic N) is 1. The summed E-state index contributed by atoms with van der Waals surface area (Å²) in [7, 11) is 0. The molecule has 4 nitrogen and oxygen atoms in total. The van der Waals surface area contributed by atoms with Crippen LogP contribution in [0.4, 0.5) is 5.69 Å². The molecule has 4 heteroatoms. The van der Waals surface area contributed by atoms with Gasteiger partial charge >= 0.3 is 0 Å². The molecule has 2 aromatic rings. The van der Waals surface area contributed by atoms with Gasteiger partial charge in [0.05, 0.1) is 13.2 Å². The lowest BCUT2D eigenvalue weighted by atomic mass is 10.1. The van der Waals surface area contributed by atoms with E-state index in [1.54, 1.807) is 18.2 Å². The average molecular weight is 321 g/mol. The smallest absolute Gasteiger partial charge is 0.189 e. The van der Waals surface area contributed by atoms with Gasteiger partial charge in [0.15, 0.2) is 5.78 Å². The highest BCUT2D eigenvalue weighted by molar-refractivity contribution is 6.15. The highest BCUT2D eigenvalue weighted by atomic mass is 16.5. The Bertz CT molecular complexity index is 802. The van der Waals surface area contributed by atoms with Crippen LogP contribution >= 0.6 is 0 Å². The van der Waals surface area contributed by atoms with Crippen LogP contribution in [0.1, 0.15) is 21.5 Å². The van der Waals surface area contributed by atoms with Crippen LogP contribution < -0.4 is 4.90 Å². The van der Waals surface area contributed by atoms with Crippen molar-refractivity contribution in [2.45, 2.75) is 6.42 Å². The normalized spacial score (nSPS) is 18.9. The summed E-state index contributed by atoms with van der Waals surface area (Å²) in [5.41, 5.74) is 4.58. The quantitative estimate of drug-likeness (QED) is 0.864. The molecule has 1 aliphatic heterocycles. The van der Waals surface area contributed by atoms with E-state index in [1.807, 2.05) is 18.2 Å². The molecule has 0 bridgehead atoms. The second-order valence-electron chi connectivity index (χ2n) is 6.21. The molecular weight excluding hydrogens is 302 g/mol. The van der Waals surface area contributed by atoms with Gasteiger partial charge in [0.25, 0.3) is 0 Å². The van der Waals surface area contributed by atoms with E-state index < -0.39 is 0 Å². The minimum Gasteiger partial charge on any atom is -0.508 e. The van der Waals surface area contributed by atoms with Gasteiger partial charge in [-0.3, -0.25) is 4.79 Å². The van der Waals surface area contributed by atoms with Gasteiger partial charge < -0.3 is 14.7 Å². The van der Waals surface area contributed by atoms with Gasteiger partial charge in [-0.05, 0) is 47.5 Å². The molecular formula is C20H19NO3. The summed E-state index contributed by atoms with van der Waals surface area (Å²) in [5.74, 6) is 0.264. The van der Waals surface area contributed by atoms with E-state index in [1.165, 1.54) is 5.69 Å². The summed E-state index contributed by atoms with van der Waals surface area (Å²) in [6.45, 7) is 3.37. The highest BCUT2D eigenvalue weighted by Crippen LogP contribution is 2.30. The Morgan fingerprint density at radius 2 is 1.79 bits per heavy atom. The van der Waals surface area contributed by atoms with E-state index in [4.69, 9.17) is 4.74 Å². The Kier molecular flexibility index (Phi) is 3.82. The molecule has 0 radical (unpaired) electrons. The maximum Gasteiger partial charge on any atom is 0.189 e. The third kappa shape index (κ3) is 2.81. The molecule has 0 unspecified atom stereocenters. The Morgan fingerprint density at radius 1 is 1.04 bits per heavy atom. The number of ether oxygens (including phenoxy) is 1. The van der Waals surface area contributed by atoms with Gasteiger partial charge in [-0.1, -0.05) is 12.1 Å². The number of benzene rings is 2. The van der Waals surface area contributed by atoms with Gasteiger partial charge in [-0.25, -0.2) is 0 Å². The fourth-order valence-electron chi connectivity index (χ4n) is 3.33. The van der Waals surface area contributed by atoms with Gasteiger partial charge in [-0.15, -0.1) is 0 Å². The Labute approximate surface area is 141 Å². The number of anilines is 1. The number of phenols is 1. The van der Waals surface area contributed by atoms with E-state index in [-0.39, 0.29) is 11.5 Å². The maximum atomic E-state index is 12.5. The number of hydrogen-bond acceptors (Lipinski definition) is 4. The van der Waals surface area contributed by atoms with Crippen LogP contribution in [-0.2, 0) is 11.2 Å². The second-order valence-corrected chi connectivity index (χ2v) is 6.21. The van der Waals surface area contributed by atoms with Crippen molar-refractivity contribution in [1.82, 2.24) is 0 Å². The van der Waals surface area contributed by atoms with E-state index in [2.05, 4.69) is 17.0 Å². The number of morpholine rings is 1. The summed E-state index contributed by atoms with van der Waals surface area (Å²) in [6.07, 6.45) is 2.52. The van der Waals surface area contributed by atoms with Crippen molar-refractivity contribution in [3.8, 4) is 5.75 Å². The molecule has 1 aliphatic carbocycles. The lowest BCUT2D eigenvalue weighted by molar-refractivity contribution is 0.104. The second kappa shape index (κ2) is 6.13. The average Bonchev–Trinajstić information content (AvgIpc) is 2.91. The third-order valence-electron chi connectivity index (χ3n) is 4.62. The highest BCUT2D eigenvalue weighted by Gasteiger charge is 2.24. The van der Waals surface area contributed by atoms with Crippen molar-refractivity contribution in [1.29, 1.82) is 0 Å². The van der Waals surface area contributed by atoms with Gasteiger partial charge in [0, 0.05) is 36.3 Å². The molecule has 2 aromatic carbocycles. The molecule has 4 rings (SSSR count). The Morgan fingerprint density at radius 3 is 2.54 bits per heavy atom. The summed E-state index contributed by atoms with van der Waals surface area (Å²) in [5, 5.41) is 9.57. The zero-order chi connectivity index (χ0) is 16.5. The fraction of sp³-hybridized carbons (Fsp3) is 0.250. The SMILES string of the molecule is O=C1/C(=C/c2ccc(N3CCOCC3)cc2)Cc2cc(O)ccc21. The number of carbonyl (C=O) groups is 1. The zero-order valence-electron chi connectivity index (χ0n) is 13.4. The van der Waals surface area contributed by atoms with Gasteiger partial charge in [-0.2, -0.15) is 0 Å². The van der Waals surface area contributed by atoms with Crippen molar-refractivity contribution in [3.63, 3.8) is 0 Å².